The summed E-state index contributed by atoms with van der Waals surface area (Å²) >= 11 is 6.34. The predicted molar refractivity (Wildman–Crippen MR) is 91.8 cm³/mol. The Kier molecular flexibility index (Phi) is 4.54. The van der Waals surface area contributed by atoms with Gasteiger partial charge in [0.1, 0.15) is 5.57 Å². The monoisotopic (exact) mass is 349 g/mol. The normalized spacial score (nSPS) is 20.5. The summed E-state index contributed by atoms with van der Waals surface area (Å²) in [6.07, 6.45) is 5.03. The summed E-state index contributed by atoms with van der Waals surface area (Å²) in [6, 6.07) is 5.62. The number of cyclic esters (lactones) is 2. The maximum atomic E-state index is 12.0. The average Bonchev–Trinajstić information content (AvgIpc) is 2.52. The summed E-state index contributed by atoms with van der Waals surface area (Å²) in [7, 11) is 0. The standard InChI is InChI=1S/C18H20ClNO4/c1-18(2)23-16(21)14(17(22)24-18)10-12-6-7-13(11-15(12)19)20-8-4-3-5-9-20/h6-7,10-11H,3-5,8-9H2,1-2H3. The first kappa shape index (κ1) is 16.8. The molecule has 2 fully saturated rings. The van der Waals surface area contributed by atoms with E-state index in [0.29, 0.717) is 10.6 Å². The molecule has 0 bridgehead atoms. The van der Waals surface area contributed by atoms with Crippen LogP contribution in [-0.2, 0) is 19.1 Å². The lowest BCUT2D eigenvalue weighted by Crippen LogP contribution is -2.41. The van der Waals surface area contributed by atoms with Crippen molar-refractivity contribution in [3.05, 3.63) is 34.4 Å². The number of anilines is 1. The van der Waals surface area contributed by atoms with E-state index in [1.807, 2.05) is 12.1 Å². The Morgan fingerprint density at radius 1 is 1.08 bits per heavy atom. The van der Waals surface area contributed by atoms with Crippen LogP contribution in [0.4, 0.5) is 5.69 Å². The number of nitrogens with zero attached hydrogens (tertiary/aromatic N) is 1. The fraction of sp³-hybridized carbons (Fsp3) is 0.444. The van der Waals surface area contributed by atoms with Crippen LogP contribution < -0.4 is 4.90 Å². The van der Waals surface area contributed by atoms with E-state index in [1.54, 1.807) is 6.07 Å². The molecule has 0 spiro atoms. The first-order chi connectivity index (χ1) is 11.4. The van der Waals surface area contributed by atoms with Gasteiger partial charge in [-0.1, -0.05) is 17.7 Å². The van der Waals surface area contributed by atoms with Gasteiger partial charge < -0.3 is 14.4 Å². The molecular weight excluding hydrogens is 330 g/mol. The molecule has 5 nitrogen and oxygen atoms in total. The van der Waals surface area contributed by atoms with Crippen molar-refractivity contribution in [3.8, 4) is 0 Å². The van der Waals surface area contributed by atoms with E-state index in [4.69, 9.17) is 21.1 Å². The minimum atomic E-state index is -1.24. The molecule has 0 N–H and O–H groups in total. The molecule has 6 heteroatoms. The minimum absolute atomic E-state index is 0.151. The van der Waals surface area contributed by atoms with Gasteiger partial charge >= 0.3 is 11.9 Å². The Morgan fingerprint density at radius 2 is 1.71 bits per heavy atom. The van der Waals surface area contributed by atoms with E-state index in [0.717, 1.165) is 18.8 Å². The van der Waals surface area contributed by atoms with Crippen LogP contribution in [0, 0.1) is 0 Å². The van der Waals surface area contributed by atoms with Crippen LogP contribution in [0.15, 0.2) is 23.8 Å². The summed E-state index contributed by atoms with van der Waals surface area (Å²) in [5.74, 6) is -2.65. The SMILES string of the molecule is CC1(C)OC(=O)C(=Cc2ccc(N3CCCCC3)cc2Cl)C(=O)O1. The average molecular weight is 350 g/mol. The van der Waals surface area contributed by atoms with Gasteiger partial charge in [-0.3, -0.25) is 0 Å². The number of ether oxygens (including phenoxy) is 2. The summed E-state index contributed by atoms with van der Waals surface area (Å²) < 4.78 is 10.2. The third-order valence-corrected chi connectivity index (χ3v) is 4.45. The maximum absolute atomic E-state index is 12.0. The second-order valence-corrected chi connectivity index (χ2v) is 6.90. The quantitative estimate of drug-likeness (QED) is 0.464. The van der Waals surface area contributed by atoms with Crippen LogP contribution in [0.5, 0.6) is 0 Å². The van der Waals surface area contributed by atoms with Crippen molar-refractivity contribution in [2.24, 2.45) is 0 Å². The van der Waals surface area contributed by atoms with Gasteiger partial charge in [0.15, 0.2) is 0 Å². The van der Waals surface area contributed by atoms with Crippen molar-refractivity contribution < 1.29 is 19.1 Å². The molecule has 0 amide bonds. The van der Waals surface area contributed by atoms with Crippen molar-refractivity contribution in [2.45, 2.75) is 38.9 Å². The number of rotatable bonds is 2. The molecule has 0 unspecified atom stereocenters. The van der Waals surface area contributed by atoms with Gasteiger partial charge in [-0.25, -0.2) is 9.59 Å². The molecule has 0 aliphatic carbocycles. The Hall–Kier alpha value is -2.01. The van der Waals surface area contributed by atoms with E-state index in [2.05, 4.69) is 4.90 Å². The Morgan fingerprint density at radius 3 is 2.29 bits per heavy atom. The van der Waals surface area contributed by atoms with Gasteiger partial charge in [0.05, 0.1) is 0 Å². The van der Waals surface area contributed by atoms with Gasteiger partial charge in [-0.05, 0) is 43.0 Å². The number of carbonyl (C=O) groups excluding carboxylic acids is 2. The van der Waals surface area contributed by atoms with E-state index in [-0.39, 0.29) is 5.57 Å². The maximum Gasteiger partial charge on any atom is 0.348 e. The zero-order valence-corrected chi connectivity index (χ0v) is 14.6. The van der Waals surface area contributed by atoms with E-state index >= 15 is 0 Å². The van der Waals surface area contributed by atoms with Crippen LogP contribution in [0.2, 0.25) is 5.02 Å². The number of halogens is 1. The molecule has 0 aromatic heterocycles. The number of hydrogen-bond acceptors (Lipinski definition) is 5. The van der Waals surface area contributed by atoms with E-state index in [1.165, 1.54) is 39.2 Å². The smallest absolute Gasteiger partial charge is 0.348 e. The van der Waals surface area contributed by atoms with Gasteiger partial charge in [0.25, 0.3) is 5.79 Å². The third kappa shape index (κ3) is 3.56. The van der Waals surface area contributed by atoms with Crippen LogP contribution in [0.3, 0.4) is 0 Å². The van der Waals surface area contributed by atoms with Crippen molar-refractivity contribution >= 4 is 35.3 Å². The number of hydrogen-bond donors (Lipinski definition) is 0. The summed E-state index contributed by atoms with van der Waals surface area (Å²) in [5.41, 5.74) is 1.49. The molecule has 0 saturated carbocycles. The van der Waals surface area contributed by atoms with Gasteiger partial charge in [0, 0.05) is 37.6 Å². The molecule has 1 aromatic rings. The molecule has 2 heterocycles. The lowest BCUT2D eigenvalue weighted by atomic mass is 10.1. The summed E-state index contributed by atoms with van der Waals surface area (Å²) in [6.45, 7) is 5.06. The predicted octanol–water partition coefficient (Wildman–Crippen LogP) is 3.55. The summed E-state index contributed by atoms with van der Waals surface area (Å²) in [4.78, 5) is 26.3. The number of benzene rings is 1. The van der Waals surface area contributed by atoms with Gasteiger partial charge in [-0.2, -0.15) is 0 Å². The van der Waals surface area contributed by atoms with E-state index in [9.17, 15) is 9.59 Å². The van der Waals surface area contributed by atoms with Crippen molar-refractivity contribution in [1.29, 1.82) is 0 Å². The Bertz CT molecular complexity index is 683. The van der Waals surface area contributed by atoms with Crippen LogP contribution in [0.1, 0.15) is 38.7 Å². The highest BCUT2D eigenvalue weighted by atomic mass is 35.5. The van der Waals surface area contributed by atoms with Crippen LogP contribution in [-0.4, -0.2) is 30.8 Å². The zero-order valence-electron chi connectivity index (χ0n) is 13.8. The molecule has 2 aliphatic rings. The van der Waals surface area contributed by atoms with Crippen molar-refractivity contribution in [3.63, 3.8) is 0 Å². The van der Waals surface area contributed by atoms with Crippen molar-refractivity contribution in [1.82, 2.24) is 0 Å². The van der Waals surface area contributed by atoms with Crippen LogP contribution >= 0.6 is 11.6 Å². The largest absolute Gasteiger partial charge is 0.419 e. The van der Waals surface area contributed by atoms with Gasteiger partial charge in [-0.15, -0.1) is 0 Å². The fourth-order valence-electron chi connectivity index (χ4n) is 2.92. The highest BCUT2D eigenvalue weighted by molar-refractivity contribution is 6.33. The zero-order chi connectivity index (χ0) is 17.3. The Balaban J connectivity index is 1.85. The molecular formula is C18H20ClNO4. The topological polar surface area (TPSA) is 55.8 Å². The number of esters is 2. The number of piperidine rings is 1. The Labute approximate surface area is 146 Å². The highest BCUT2D eigenvalue weighted by Gasteiger charge is 2.38. The van der Waals surface area contributed by atoms with Gasteiger partial charge in [0.2, 0.25) is 0 Å². The molecule has 24 heavy (non-hydrogen) atoms. The first-order valence-corrected chi connectivity index (χ1v) is 8.46. The first-order valence-electron chi connectivity index (χ1n) is 8.09. The lowest BCUT2D eigenvalue weighted by molar-refractivity contribution is -0.222. The molecule has 2 aliphatic heterocycles. The number of carbonyl (C=O) groups is 2. The summed E-state index contributed by atoms with van der Waals surface area (Å²) in [5, 5.41) is 0.482. The van der Waals surface area contributed by atoms with Crippen molar-refractivity contribution in [2.75, 3.05) is 18.0 Å². The highest BCUT2D eigenvalue weighted by Crippen LogP contribution is 2.29. The fourth-order valence-corrected chi connectivity index (χ4v) is 3.15. The third-order valence-electron chi connectivity index (χ3n) is 4.12. The second-order valence-electron chi connectivity index (χ2n) is 6.49. The molecule has 2 saturated heterocycles. The molecule has 0 radical (unpaired) electrons. The van der Waals surface area contributed by atoms with Crippen LogP contribution in [0.25, 0.3) is 6.08 Å². The molecule has 1 aromatic carbocycles. The second kappa shape index (κ2) is 6.48. The molecule has 3 rings (SSSR count). The minimum Gasteiger partial charge on any atom is -0.419 e. The van der Waals surface area contributed by atoms with E-state index < -0.39 is 17.7 Å². The molecule has 0 atom stereocenters. The lowest BCUT2D eigenvalue weighted by Gasteiger charge is -2.30. The molecule has 128 valence electrons.